The summed E-state index contributed by atoms with van der Waals surface area (Å²) in [5.74, 6) is 0.388. The van der Waals surface area contributed by atoms with Gasteiger partial charge in [-0.3, -0.25) is 0 Å². The Labute approximate surface area is 491 Å². The van der Waals surface area contributed by atoms with Crippen molar-refractivity contribution < 1.29 is 144 Å². The van der Waals surface area contributed by atoms with Crippen LogP contribution in [0.2, 0.25) is 0 Å². The zero-order valence-corrected chi connectivity index (χ0v) is 48.1. The molecule has 490 valence electrons. The molecule has 17 N–H and O–H groups in total. The van der Waals surface area contributed by atoms with Crippen LogP contribution in [0, 0.1) is 52.3 Å². The molecule has 0 aromatic rings. The quantitative estimate of drug-likeness (QED) is 0.0719. The summed E-state index contributed by atoms with van der Waals surface area (Å²) >= 11 is 0. The second-order valence-corrected chi connectivity index (χ2v) is 26.9. The molecule has 11 aliphatic rings. The monoisotopic (exact) mass is 1230 g/mol. The second-order valence-electron chi connectivity index (χ2n) is 26.9. The molecule has 7 heterocycles. The van der Waals surface area contributed by atoms with E-state index in [4.69, 9.17) is 56.8 Å². The summed E-state index contributed by atoms with van der Waals surface area (Å²) in [6.45, 7) is 5.21. The molecule has 85 heavy (non-hydrogen) atoms. The zero-order valence-electron chi connectivity index (χ0n) is 48.1. The molecule has 38 atom stereocenters. The molecule has 7 saturated heterocycles. The fourth-order valence-electron chi connectivity index (χ4n) is 17.4. The Morgan fingerprint density at radius 2 is 1.01 bits per heavy atom. The van der Waals surface area contributed by atoms with Gasteiger partial charge in [-0.15, -0.1) is 0 Å². The Morgan fingerprint density at radius 3 is 1.67 bits per heavy atom. The van der Waals surface area contributed by atoms with E-state index < -0.39 is 205 Å². The van der Waals surface area contributed by atoms with E-state index in [0.29, 0.717) is 25.4 Å². The van der Waals surface area contributed by atoms with Crippen molar-refractivity contribution in [3.8, 4) is 0 Å². The van der Waals surface area contributed by atoms with E-state index in [0.717, 1.165) is 38.5 Å². The maximum absolute atomic E-state index is 12.3. The van der Waals surface area contributed by atoms with Gasteiger partial charge in [0.2, 0.25) is 0 Å². The van der Waals surface area contributed by atoms with Gasteiger partial charge in [-0.25, -0.2) is 0 Å². The summed E-state index contributed by atoms with van der Waals surface area (Å²) in [6.07, 6.45) is -42.5. The fourth-order valence-corrected chi connectivity index (χ4v) is 17.4. The minimum absolute atomic E-state index is 0.00749. The standard InChI is InChI=1S/C56H92O29/c1-19-7-10-56(75-17-19)20(2)31-45(85-56)37(67)32-22-6-5-21-11-26(24(61)12-55(21,4)23(22)8-9-54(31,32)3)76-50-42(72)39(69)44(30(16-60)80-50)81-53-48(47(36(66)29(15-59)79-53)83-49-40(70)33(63)25(62)18-74-49)84-52-43(73)46(35(65)28(14-58)78-52)82-51-41(71)38(68)34(64)27(13-57)77-51/h19-53,57-73H,5-18H2,1-4H3/t19-,20+,21?,22?,23?,24-,25-,26?,27-,28-,29?,30-,31?,32?,33+,34-,35+,36-,37+,38+,39-,40-,41-,42-,43-,44?,45?,46?,47?,48?,49?,50?,51?,52?,53?,54-,55+,56?/m1/s1. The first-order chi connectivity index (χ1) is 40.3. The minimum atomic E-state index is -2.21. The first kappa shape index (κ1) is 65.3. The van der Waals surface area contributed by atoms with Crippen molar-refractivity contribution in [3.63, 3.8) is 0 Å². The molecular weight excluding hydrogens is 1140 g/mol. The summed E-state index contributed by atoms with van der Waals surface area (Å²) in [7, 11) is 0. The van der Waals surface area contributed by atoms with E-state index in [1.807, 2.05) is 0 Å². The summed E-state index contributed by atoms with van der Waals surface area (Å²) in [5.41, 5.74) is -0.531. The molecule has 0 amide bonds. The molecule has 0 aromatic carbocycles. The van der Waals surface area contributed by atoms with E-state index in [1.54, 1.807) is 0 Å². The third-order valence-corrected chi connectivity index (χ3v) is 22.2. The van der Waals surface area contributed by atoms with Gasteiger partial charge in [-0.05, 0) is 85.4 Å². The van der Waals surface area contributed by atoms with Crippen molar-refractivity contribution in [1.82, 2.24) is 0 Å². The van der Waals surface area contributed by atoms with Crippen molar-refractivity contribution in [1.29, 1.82) is 0 Å². The van der Waals surface area contributed by atoms with Crippen LogP contribution in [0.15, 0.2) is 0 Å². The van der Waals surface area contributed by atoms with Gasteiger partial charge in [0.25, 0.3) is 0 Å². The third kappa shape index (κ3) is 11.3. The molecule has 4 aliphatic carbocycles. The highest BCUT2D eigenvalue weighted by Gasteiger charge is 2.73. The largest absolute Gasteiger partial charge is 0.394 e. The lowest BCUT2D eigenvalue weighted by Crippen LogP contribution is -2.69. The predicted molar refractivity (Wildman–Crippen MR) is 278 cm³/mol. The van der Waals surface area contributed by atoms with E-state index in [2.05, 4.69) is 27.7 Å². The smallest absolute Gasteiger partial charge is 0.187 e. The van der Waals surface area contributed by atoms with Crippen LogP contribution in [0.5, 0.6) is 0 Å². The number of aliphatic hydroxyl groups excluding tert-OH is 17. The molecule has 29 heteroatoms. The second kappa shape index (κ2) is 25.4. The molecule has 1 spiro atoms. The summed E-state index contributed by atoms with van der Waals surface area (Å²) in [6, 6.07) is 0. The molecule has 4 saturated carbocycles. The highest BCUT2D eigenvalue weighted by Crippen LogP contribution is 2.71. The fraction of sp³-hybridized carbons (Fsp3) is 1.00. The molecule has 0 aromatic heterocycles. The van der Waals surface area contributed by atoms with E-state index >= 15 is 0 Å². The maximum Gasteiger partial charge on any atom is 0.187 e. The SMILES string of the molecule is C[C@@H]1CCC2(OC1)OC1C([C@@H]2C)[C@@]2(C)CCC3C(CCC4CC(OC5O[C@H](CO)C(OC6OC(CO)[C@@H](O)C(OC7OC[C@@H](O)[C@H](O)[C@H]7O)C6OC6O[C@H](CO)[C@H](O)C(OC7O[C@H](CO)[C@@H](O)[C@H](O)[C@H]7O)[C@H]6O)[C@H](O)[C@H]5O)[C@H](O)C[C@@]43C)C2[C@@H]1O. The van der Waals surface area contributed by atoms with Crippen LogP contribution in [-0.2, 0) is 56.8 Å². The number of aliphatic hydroxyl groups is 17. The number of rotatable bonds is 14. The molecule has 7 aliphatic heterocycles. The molecule has 11 fully saturated rings. The Balaban J connectivity index is 0.797. The number of ether oxygens (including phenoxy) is 12. The Hall–Kier alpha value is -1.16. The molecule has 11 rings (SSSR count). The van der Waals surface area contributed by atoms with Crippen molar-refractivity contribution in [2.24, 2.45) is 52.3 Å². The van der Waals surface area contributed by atoms with Gasteiger partial charge in [0, 0.05) is 18.3 Å². The number of fused-ring (bicyclic) bond motifs is 7. The zero-order chi connectivity index (χ0) is 61.1. The van der Waals surface area contributed by atoms with Crippen LogP contribution in [0.25, 0.3) is 0 Å². The van der Waals surface area contributed by atoms with E-state index in [9.17, 15) is 86.8 Å². The van der Waals surface area contributed by atoms with Crippen molar-refractivity contribution in [2.45, 2.75) is 257 Å². The average Bonchev–Trinajstić information content (AvgIpc) is 1.60. The summed E-state index contributed by atoms with van der Waals surface area (Å²) < 4.78 is 72.8. The molecule has 0 radical (unpaired) electrons. The van der Waals surface area contributed by atoms with Crippen LogP contribution in [0.3, 0.4) is 0 Å². The number of hydrogen-bond donors (Lipinski definition) is 17. The Kier molecular flexibility index (Phi) is 19.5. The molecular formula is C56H92O29. The minimum Gasteiger partial charge on any atom is -0.394 e. The van der Waals surface area contributed by atoms with Crippen LogP contribution in [0.1, 0.15) is 79.1 Å². The molecule has 29 nitrogen and oxygen atoms in total. The highest BCUT2D eigenvalue weighted by atomic mass is 16.8. The van der Waals surface area contributed by atoms with Crippen LogP contribution < -0.4 is 0 Å². The van der Waals surface area contributed by atoms with Crippen molar-refractivity contribution in [3.05, 3.63) is 0 Å². The van der Waals surface area contributed by atoms with E-state index in [-0.39, 0.29) is 52.4 Å². The van der Waals surface area contributed by atoms with Crippen LogP contribution in [-0.4, -0.2) is 304 Å². The average molecular weight is 1230 g/mol. The number of hydrogen-bond acceptors (Lipinski definition) is 29. The summed E-state index contributed by atoms with van der Waals surface area (Å²) in [4.78, 5) is 0. The van der Waals surface area contributed by atoms with Crippen LogP contribution >= 0.6 is 0 Å². The Morgan fingerprint density at radius 1 is 0.447 bits per heavy atom. The van der Waals surface area contributed by atoms with Gasteiger partial charge in [0.1, 0.15) is 116 Å². The normalized spacial score (nSPS) is 58.1. The topological polar surface area (TPSA) is 455 Å². The first-order valence-corrected chi connectivity index (χ1v) is 30.5. The van der Waals surface area contributed by atoms with Crippen LogP contribution in [0.4, 0.5) is 0 Å². The first-order valence-electron chi connectivity index (χ1n) is 30.5. The summed E-state index contributed by atoms with van der Waals surface area (Å²) in [5, 5.41) is 188. The van der Waals surface area contributed by atoms with Gasteiger partial charge in [0.05, 0.1) is 64.1 Å². The predicted octanol–water partition coefficient (Wildman–Crippen LogP) is -6.50. The molecule has 0 bridgehead atoms. The van der Waals surface area contributed by atoms with Gasteiger partial charge >= 0.3 is 0 Å². The third-order valence-electron chi connectivity index (χ3n) is 22.2. The Bertz CT molecular complexity index is 2220. The lowest BCUT2D eigenvalue weighted by molar-refractivity contribution is -0.410. The maximum atomic E-state index is 12.3. The lowest BCUT2D eigenvalue weighted by atomic mass is 9.44. The van der Waals surface area contributed by atoms with Gasteiger partial charge in [-0.2, -0.15) is 0 Å². The highest BCUT2D eigenvalue weighted by molar-refractivity contribution is 5.19. The van der Waals surface area contributed by atoms with Gasteiger partial charge in [-0.1, -0.05) is 27.7 Å². The van der Waals surface area contributed by atoms with Gasteiger partial charge in [0.15, 0.2) is 37.2 Å². The van der Waals surface area contributed by atoms with Gasteiger partial charge < -0.3 is 144 Å². The van der Waals surface area contributed by atoms with E-state index in [1.165, 1.54) is 0 Å². The molecule has 18 unspecified atom stereocenters. The lowest BCUT2D eigenvalue weighted by Gasteiger charge is -2.62. The van der Waals surface area contributed by atoms with Crippen molar-refractivity contribution in [2.75, 3.05) is 39.6 Å². The van der Waals surface area contributed by atoms with Crippen molar-refractivity contribution >= 4 is 0 Å².